The summed E-state index contributed by atoms with van der Waals surface area (Å²) in [6, 6.07) is 13.3. The molecule has 0 aliphatic carbocycles. The summed E-state index contributed by atoms with van der Waals surface area (Å²) >= 11 is 12.2. The largest absolute Gasteiger partial charge is 0.271 e. The zero-order valence-corrected chi connectivity index (χ0v) is 11.5. The molecule has 2 nitrogen and oxygen atoms in total. The average molecular weight is 281 g/mol. The van der Waals surface area contributed by atoms with Gasteiger partial charge in [0.1, 0.15) is 0 Å². The van der Waals surface area contributed by atoms with E-state index in [0.717, 1.165) is 11.1 Å². The third-order valence-electron chi connectivity index (χ3n) is 2.81. The van der Waals surface area contributed by atoms with Gasteiger partial charge in [-0.3, -0.25) is 5.84 Å². The normalized spacial score (nSPS) is 12.4. The van der Waals surface area contributed by atoms with Gasteiger partial charge in [0, 0.05) is 10.0 Å². The molecule has 3 N–H and O–H groups in total. The first-order valence-corrected chi connectivity index (χ1v) is 6.35. The van der Waals surface area contributed by atoms with Crippen molar-refractivity contribution in [2.24, 2.45) is 5.84 Å². The van der Waals surface area contributed by atoms with Crippen molar-refractivity contribution in [2.45, 2.75) is 13.0 Å². The molecular weight excluding hydrogens is 267 g/mol. The first kappa shape index (κ1) is 13.4. The molecule has 2 rings (SSSR count). The molecule has 0 aromatic heterocycles. The lowest BCUT2D eigenvalue weighted by Crippen LogP contribution is -2.29. The van der Waals surface area contributed by atoms with Crippen molar-refractivity contribution >= 4 is 23.2 Å². The lowest BCUT2D eigenvalue weighted by Gasteiger charge is -2.19. The van der Waals surface area contributed by atoms with Crippen molar-refractivity contribution in [1.82, 2.24) is 5.43 Å². The highest BCUT2D eigenvalue weighted by Gasteiger charge is 2.16. The lowest BCUT2D eigenvalue weighted by molar-refractivity contribution is 0.637. The van der Waals surface area contributed by atoms with E-state index < -0.39 is 0 Å². The Morgan fingerprint density at radius 3 is 2.56 bits per heavy atom. The van der Waals surface area contributed by atoms with Gasteiger partial charge < -0.3 is 0 Å². The molecule has 0 aliphatic rings. The molecule has 1 unspecified atom stereocenters. The Morgan fingerprint density at radius 2 is 1.89 bits per heavy atom. The highest BCUT2D eigenvalue weighted by atomic mass is 35.5. The minimum absolute atomic E-state index is 0.170. The van der Waals surface area contributed by atoms with Gasteiger partial charge in [-0.25, -0.2) is 5.43 Å². The topological polar surface area (TPSA) is 38.0 Å². The Hall–Kier alpha value is -1.06. The molecule has 0 amide bonds. The van der Waals surface area contributed by atoms with E-state index in [1.165, 1.54) is 5.56 Å². The number of aryl methyl sites for hydroxylation is 1. The van der Waals surface area contributed by atoms with Gasteiger partial charge in [-0.05, 0) is 36.2 Å². The van der Waals surface area contributed by atoms with Crippen molar-refractivity contribution in [3.63, 3.8) is 0 Å². The second kappa shape index (κ2) is 5.72. The molecule has 0 bridgehead atoms. The number of hydrogen-bond acceptors (Lipinski definition) is 2. The fourth-order valence-corrected chi connectivity index (χ4v) is 2.36. The second-order valence-corrected chi connectivity index (χ2v) is 5.02. The summed E-state index contributed by atoms with van der Waals surface area (Å²) in [5.41, 5.74) is 5.89. The van der Waals surface area contributed by atoms with Crippen molar-refractivity contribution < 1.29 is 0 Å². The zero-order valence-electron chi connectivity index (χ0n) is 9.95. The third kappa shape index (κ3) is 2.85. The maximum absolute atomic E-state index is 6.21. The molecule has 0 heterocycles. The summed E-state index contributed by atoms with van der Waals surface area (Å²) in [6.07, 6.45) is 0. The molecule has 0 saturated carbocycles. The highest BCUT2D eigenvalue weighted by Crippen LogP contribution is 2.30. The highest BCUT2D eigenvalue weighted by molar-refractivity contribution is 6.33. The number of halogens is 2. The summed E-state index contributed by atoms with van der Waals surface area (Å²) in [7, 11) is 0. The van der Waals surface area contributed by atoms with E-state index in [9.17, 15) is 0 Å². The summed E-state index contributed by atoms with van der Waals surface area (Å²) in [6.45, 7) is 2.04. The summed E-state index contributed by atoms with van der Waals surface area (Å²) in [5.74, 6) is 5.65. The van der Waals surface area contributed by atoms with E-state index >= 15 is 0 Å². The molecule has 0 fully saturated rings. The fourth-order valence-electron chi connectivity index (χ4n) is 1.95. The van der Waals surface area contributed by atoms with Crippen molar-refractivity contribution in [2.75, 3.05) is 0 Å². The number of rotatable bonds is 3. The van der Waals surface area contributed by atoms with Crippen molar-refractivity contribution in [1.29, 1.82) is 0 Å². The van der Waals surface area contributed by atoms with Crippen LogP contribution in [0.2, 0.25) is 10.0 Å². The Bertz CT molecular complexity index is 555. The van der Waals surface area contributed by atoms with E-state index in [1.54, 1.807) is 12.1 Å². The molecule has 4 heteroatoms. The minimum Gasteiger partial charge on any atom is -0.271 e. The van der Waals surface area contributed by atoms with Crippen LogP contribution in [-0.4, -0.2) is 0 Å². The molecule has 18 heavy (non-hydrogen) atoms. The van der Waals surface area contributed by atoms with Gasteiger partial charge in [0.05, 0.1) is 6.04 Å². The number of nitrogens with two attached hydrogens (primary N) is 1. The van der Waals surface area contributed by atoms with E-state index in [2.05, 4.69) is 11.5 Å². The van der Waals surface area contributed by atoms with E-state index in [-0.39, 0.29) is 6.04 Å². The Kier molecular flexibility index (Phi) is 4.25. The van der Waals surface area contributed by atoms with Crippen LogP contribution in [0.1, 0.15) is 22.7 Å². The molecule has 0 aliphatic heterocycles. The van der Waals surface area contributed by atoms with Crippen LogP contribution < -0.4 is 11.3 Å². The van der Waals surface area contributed by atoms with Gasteiger partial charge >= 0.3 is 0 Å². The van der Waals surface area contributed by atoms with Crippen LogP contribution in [0.4, 0.5) is 0 Å². The van der Waals surface area contributed by atoms with Gasteiger partial charge in [-0.1, -0.05) is 53.0 Å². The second-order valence-electron chi connectivity index (χ2n) is 4.18. The summed E-state index contributed by atoms with van der Waals surface area (Å²) in [5, 5.41) is 1.28. The maximum atomic E-state index is 6.21. The number of hydrogen-bond donors (Lipinski definition) is 2. The Labute approximate surface area is 117 Å². The minimum atomic E-state index is -0.170. The average Bonchev–Trinajstić information content (AvgIpc) is 2.35. The van der Waals surface area contributed by atoms with Gasteiger partial charge in [-0.15, -0.1) is 0 Å². The first-order chi connectivity index (χ1) is 8.61. The van der Waals surface area contributed by atoms with Gasteiger partial charge in [0.2, 0.25) is 0 Å². The van der Waals surface area contributed by atoms with Crippen molar-refractivity contribution in [3.05, 3.63) is 69.2 Å². The molecular formula is C14H14Cl2N2. The zero-order chi connectivity index (χ0) is 13.1. The van der Waals surface area contributed by atoms with Gasteiger partial charge in [0.15, 0.2) is 0 Å². The summed E-state index contributed by atoms with van der Waals surface area (Å²) in [4.78, 5) is 0. The van der Waals surface area contributed by atoms with E-state index in [1.807, 2.05) is 31.2 Å². The Morgan fingerprint density at radius 1 is 1.11 bits per heavy atom. The standard InChI is InChI=1S/C14H14Cl2N2/c1-9-3-2-4-10(7-9)14(18-17)12-8-11(15)5-6-13(12)16/h2-8,14,18H,17H2,1H3. The van der Waals surface area contributed by atoms with Crippen LogP contribution in [0.5, 0.6) is 0 Å². The summed E-state index contributed by atoms with van der Waals surface area (Å²) < 4.78 is 0. The number of nitrogens with one attached hydrogen (secondary N) is 1. The number of benzene rings is 2. The molecule has 2 aromatic rings. The molecule has 1 atom stereocenters. The first-order valence-electron chi connectivity index (χ1n) is 5.59. The third-order valence-corrected chi connectivity index (χ3v) is 3.39. The van der Waals surface area contributed by atoms with Crippen LogP contribution >= 0.6 is 23.2 Å². The van der Waals surface area contributed by atoms with Crippen molar-refractivity contribution in [3.8, 4) is 0 Å². The monoisotopic (exact) mass is 280 g/mol. The quantitative estimate of drug-likeness (QED) is 0.662. The van der Waals surface area contributed by atoms with Crippen LogP contribution in [0.15, 0.2) is 42.5 Å². The fraction of sp³-hybridized carbons (Fsp3) is 0.143. The number of hydrazine groups is 1. The SMILES string of the molecule is Cc1cccc(C(NN)c2cc(Cl)ccc2Cl)c1. The molecule has 94 valence electrons. The molecule has 0 radical (unpaired) electrons. The van der Waals surface area contributed by atoms with Crippen LogP contribution in [0.3, 0.4) is 0 Å². The Balaban J connectivity index is 2.48. The smallest absolute Gasteiger partial charge is 0.0725 e. The lowest BCUT2D eigenvalue weighted by atomic mass is 9.98. The predicted octanol–water partition coefficient (Wildman–Crippen LogP) is 3.85. The van der Waals surface area contributed by atoms with E-state index in [0.29, 0.717) is 10.0 Å². The molecule has 0 saturated heterocycles. The maximum Gasteiger partial charge on any atom is 0.0725 e. The van der Waals surface area contributed by atoms with Crippen LogP contribution in [0.25, 0.3) is 0 Å². The van der Waals surface area contributed by atoms with Crippen LogP contribution in [-0.2, 0) is 0 Å². The predicted molar refractivity (Wildman–Crippen MR) is 76.8 cm³/mol. The van der Waals surface area contributed by atoms with Gasteiger partial charge in [-0.2, -0.15) is 0 Å². The van der Waals surface area contributed by atoms with Gasteiger partial charge in [0.25, 0.3) is 0 Å². The van der Waals surface area contributed by atoms with Crippen LogP contribution in [0, 0.1) is 6.92 Å². The molecule has 0 spiro atoms. The molecule has 2 aromatic carbocycles. The van der Waals surface area contributed by atoms with E-state index in [4.69, 9.17) is 29.0 Å².